The minimum Gasteiger partial charge on any atom is -0.354 e. The third-order valence-electron chi connectivity index (χ3n) is 4.31. The number of fused-ring (bicyclic) bond motifs is 1. The zero-order chi connectivity index (χ0) is 19.2. The molecule has 3 nitrogen and oxygen atoms in total. The summed E-state index contributed by atoms with van der Waals surface area (Å²) in [5, 5.41) is 3.87. The Bertz CT molecular complexity index is 1010. The van der Waals surface area contributed by atoms with Crippen molar-refractivity contribution in [3.63, 3.8) is 0 Å². The van der Waals surface area contributed by atoms with Crippen molar-refractivity contribution < 1.29 is 4.79 Å². The Balaban J connectivity index is 1.43. The molecule has 4 rings (SSSR count). The number of hydrogen-bond donors (Lipinski definition) is 1. The van der Waals surface area contributed by atoms with Crippen LogP contribution in [0.5, 0.6) is 0 Å². The number of benzene rings is 3. The van der Waals surface area contributed by atoms with Gasteiger partial charge in [0.25, 0.3) is 0 Å². The predicted molar refractivity (Wildman–Crippen MR) is 118 cm³/mol. The number of carbonyl (C=O) groups is 1. The van der Waals surface area contributed by atoms with E-state index in [1.807, 2.05) is 78.9 Å². The lowest BCUT2D eigenvalue weighted by atomic mass is 10.1. The largest absolute Gasteiger partial charge is 0.354 e. The summed E-state index contributed by atoms with van der Waals surface area (Å²) in [5.41, 5.74) is 2.03. The van der Waals surface area contributed by atoms with Crippen LogP contribution in [-0.4, -0.2) is 17.4 Å². The topological polar surface area (TPSA) is 42.0 Å². The summed E-state index contributed by atoms with van der Waals surface area (Å²) in [6.45, 7) is 0.581. The van der Waals surface area contributed by atoms with Gasteiger partial charge in [0.1, 0.15) is 5.25 Å². The quantitative estimate of drug-likeness (QED) is 0.414. The number of thioether (sulfide) groups is 1. The van der Waals surface area contributed by atoms with Crippen LogP contribution in [0.15, 0.2) is 89.8 Å². The van der Waals surface area contributed by atoms with Crippen LogP contribution in [0.4, 0.5) is 0 Å². The maximum Gasteiger partial charge on any atom is 0.238 e. The first-order valence-corrected chi connectivity index (χ1v) is 10.9. The Morgan fingerprint density at radius 1 is 0.929 bits per heavy atom. The van der Waals surface area contributed by atoms with Gasteiger partial charge in [-0.25, -0.2) is 4.98 Å². The van der Waals surface area contributed by atoms with E-state index in [1.54, 1.807) is 23.1 Å². The van der Waals surface area contributed by atoms with Crippen LogP contribution >= 0.6 is 23.1 Å². The highest BCUT2D eigenvalue weighted by Crippen LogP contribution is 2.35. The van der Waals surface area contributed by atoms with Gasteiger partial charge in [0.15, 0.2) is 0 Å². The Morgan fingerprint density at radius 2 is 1.61 bits per heavy atom. The van der Waals surface area contributed by atoms with Crippen LogP contribution in [-0.2, 0) is 11.2 Å². The van der Waals surface area contributed by atoms with E-state index in [1.165, 1.54) is 4.70 Å². The van der Waals surface area contributed by atoms with Crippen LogP contribution in [0.2, 0.25) is 0 Å². The minimum absolute atomic E-state index is 0.0289. The lowest BCUT2D eigenvalue weighted by Gasteiger charge is -2.17. The highest BCUT2D eigenvalue weighted by Gasteiger charge is 2.21. The number of rotatable bonds is 7. The van der Waals surface area contributed by atoms with E-state index in [0.29, 0.717) is 6.54 Å². The first kappa shape index (κ1) is 18.7. The van der Waals surface area contributed by atoms with E-state index < -0.39 is 0 Å². The maximum absolute atomic E-state index is 13.0. The third-order valence-corrected chi connectivity index (χ3v) is 6.68. The molecular formula is C23H20N2OS2. The number of para-hydroxylation sites is 1. The smallest absolute Gasteiger partial charge is 0.238 e. The molecular weight excluding hydrogens is 384 g/mol. The van der Waals surface area contributed by atoms with Gasteiger partial charge in [-0.3, -0.25) is 4.79 Å². The fraction of sp³-hybridized carbons (Fsp3) is 0.130. The van der Waals surface area contributed by atoms with Crippen LogP contribution in [0.3, 0.4) is 0 Å². The summed E-state index contributed by atoms with van der Waals surface area (Å²) in [6, 6.07) is 28.1. The van der Waals surface area contributed by atoms with E-state index in [9.17, 15) is 4.79 Å². The monoisotopic (exact) mass is 404 g/mol. The second-order valence-electron chi connectivity index (χ2n) is 6.34. The summed E-state index contributed by atoms with van der Waals surface area (Å²) < 4.78 is 1.19. The molecule has 1 aromatic heterocycles. The zero-order valence-corrected chi connectivity index (χ0v) is 16.9. The van der Waals surface area contributed by atoms with Crippen LogP contribution in [0.25, 0.3) is 10.2 Å². The number of hydrogen-bond acceptors (Lipinski definition) is 4. The number of nitrogens with one attached hydrogen (secondary N) is 1. The minimum atomic E-state index is -0.279. The molecule has 28 heavy (non-hydrogen) atoms. The molecule has 1 atom stereocenters. The van der Waals surface area contributed by atoms with Gasteiger partial charge >= 0.3 is 0 Å². The van der Waals surface area contributed by atoms with Crippen molar-refractivity contribution in [1.82, 2.24) is 10.3 Å². The van der Waals surface area contributed by atoms with Crippen LogP contribution in [0.1, 0.15) is 15.8 Å². The molecule has 3 aromatic carbocycles. The summed E-state index contributed by atoms with van der Waals surface area (Å²) >= 11 is 3.26. The Hall–Kier alpha value is -2.63. The van der Waals surface area contributed by atoms with Crippen molar-refractivity contribution in [2.75, 3.05) is 6.54 Å². The fourth-order valence-corrected chi connectivity index (χ4v) is 4.98. The first-order valence-electron chi connectivity index (χ1n) is 9.18. The molecule has 4 aromatic rings. The molecule has 0 fully saturated rings. The van der Waals surface area contributed by atoms with Gasteiger partial charge in [0, 0.05) is 17.9 Å². The molecule has 5 heteroatoms. The number of aromatic nitrogens is 1. The number of carbonyl (C=O) groups excluding carboxylic acids is 1. The van der Waals surface area contributed by atoms with Crippen molar-refractivity contribution in [2.24, 2.45) is 0 Å². The highest BCUT2D eigenvalue weighted by atomic mass is 32.2. The van der Waals surface area contributed by atoms with E-state index in [-0.39, 0.29) is 11.2 Å². The number of nitrogens with zero attached hydrogens (tertiary/aromatic N) is 1. The van der Waals surface area contributed by atoms with Crippen molar-refractivity contribution in [3.05, 3.63) is 95.5 Å². The van der Waals surface area contributed by atoms with Crippen molar-refractivity contribution in [1.29, 1.82) is 0 Å². The molecule has 0 aliphatic heterocycles. The molecule has 0 bridgehead atoms. The number of thiazole rings is 1. The predicted octanol–water partition coefficient (Wildman–Crippen LogP) is 5.49. The molecule has 0 aliphatic carbocycles. The van der Waals surface area contributed by atoms with E-state index >= 15 is 0 Å². The summed E-state index contributed by atoms with van der Waals surface area (Å²) in [6.07, 6.45) is 0.739. The van der Waals surface area contributed by atoms with Gasteiger partial charge in [-0.1, -0.05) is 60.7 Å². The average Bonchev–Trinajstić information content (AvgIpc) is 3.16. The van der Waals surface area contributed by atoms with Crippen molar-refractivity contribution in [2.45, 2.75) is 16.6 Å². The second-order valence-corrected chi connectivity index (χ2v) is 8.63. The van der Waals surface area contributed by atoms with Crippen LogP contribution < -0.4 is 5.32 Å². The Morgan fingerprint density at radius 3 is 2.36 bits per heavy atom. The van der Waals surface area contributed by atoms with Gasteiger partial charge in [0.2, 0.25) is 5.91 Å². The molecule has 0 aliphatic rings. The van der Waals surface area contributed by atoms with Gasteiger partial charge in [-0.15, -0.1) is 23.1 Å². The van der Waals surface area contributed by atoms with E-state index in [0.717, 1.165) is 27.4 Å². The van der Waals surface area contributed by atoms with Crippen LogP contribution in [0, 0.1) is 0 Å². The molecule has 140 valence electrons. The molecule has 1 heterocycles. The Kier molecular flexibility index (Phi) is 6.04. The number of amides is 1. The summed E-state index contributed by atoms with van der Waals surface area (Å²) in [4.78, 5) is 18.7. The summed E-state index contributed by atoms with van der Waals surface area (Å²) in [5.74, 6) is 0.0289. The second kappa shape index (κ2) is 9.04. The van der Waals surface area contributed by atoms with Crippen molar-refractivity contribution >= 4 is 39.2 Å². The third kappa shape index (κ3) is 4.61. The lowest BCUT2D eigenvalue weighted by Crippen LogP contribution is -2.29. The van der Waals surface area contributed by atoms with Crippen molar-refractivity contribution in [3.8, 4) is 0 Å². The average molecular weight is 405 g/mol. The SMILES string of the molecule is O=C(NCCc1nc2ccccc2s1)C(Sc1ccccc1)c1ccccc1. The normalized spacial score (nSPS) is 12.0. The standard InChI is InChI=1S/C23H20N2OS2/c26-23(24-16-15-21-25-19-13-7-8-14-20(19)28-21)22(17-9-3-1-4-10-17)27-18-11-5-2-6-12-18/h1-14,22H,15-16H2,(H,24,26). The molecule has 0 saturated heterocycles. The zero-order valence-electron chi connectivity index (χ0n) is 15.2. The molecule has 0 spiro atoms. The van der Waals surface area contributed by atoms with Gasteiger partial charge in [-0.05, 0) is 29.8 Å². The molecule has 1 N–H and O–H groups in total. The maximum atomic E-state index is 13.0. The molecule has 0 saturated carbocycles. The fourth-order valence-electron chi connectivity index (χ4n) is 2.95. The lowest BCUT2D eigenvalue weighted by molar-refractivity contribution is -0.120. The first-order chi connectivity index (χ1) is 13.8. The van der Waals surface area contributed by atoms with Gasteiger partial charge < -0.3 is 5.32 Å². The molecule has 1 unspecified atom stereocenters. The van der Waals surface area contributed by atoms with Gasteiger partial charge in [0.05, 0.1) is 15.2 Å². The molecule has 1 amide bonds. The summed E-state index contributed by atoms with van der Waals surface area (Å²) in [7, 11) is 0. The molecule has 0 radical (unpaired) electrons. The van der Waals surface area contributed by atoms with E-state index in [2.05, 4.69) is 16.4 Å². The van der Waals surface area contributed by atoms with E-state index in [4.69, 9.17) is 0 Å². The highest BCUT2D eigenvalue weighted by molar-refractivity contribution is 8.00. The van der Waals surface area contributed by atoms with Gasteiger partial charge in [-0.2, -0.15) is 0 Å². The Labute approximate surface area is 172 Å².